The third-order valence-electron chi connectivity index (χ3n) is 3.29. The molecule has 2 aromatic heterocycles. The van der Waals surface area contributed by atoms with E-state index in [2.05, 4.69) is 27.3 Å². The molecule has 6 heteroatoms. The second kappa shape index (κ2) is 6.10. The van der Waals surface area contributed by atoms with Gasteiger partial charge in [-0.1, -0.05) is 18.2 Å². The van der Waals surface area contributed by atoms with E-state index < -0.39 is 0 Å². The van der Waals surface area contributed by atoms with Gasteiger partial charge in [-0.2, -0.15) is 5.10 Å². The van der Waals surface area contributed by atoms with Crippen LogP contribution in [-0.2, 0) is 0 Å². The molecule has 5 nitrogen and oxygen atoms in total. The summed E-state index contributed by atoms with van der Waals surface area (Å²) in [4.78, 5) is 8.67. The average Bonchev–Trinajstić information content (AvgIpc) is 2.93. The number of rotatable bonds is 5. The molecule has 1 unspecified atom stereocenters. The van der Waals surface area contributed by atoms with Gasteiger partial charge in [-0.3, -0.25) is 0 Å². The maximum absolute atomic E-state index is 5.78. The fourth-order valence-electron chi connectivity index (χ4n) is 2.19. The van der Waals surface area contributed by atoms with Crippen LogP contribution in [0.3, 0.4) is 0 Å². The lowest BCUT2D eigenvalue weighted by atomic mass is 10.2. The Balaban J connectivity index is 2.00. The van der Waals surface area contributed by atoms with Gasteiger partial charge in [0.05, 0.1) is 17.3 Å². The lowest BCUT2D eigenvalue weighted by Crippen LogP contribution is -2.16. The normalized spacial score (nSPS) is 12.5. The lowest BCUT2D eigenvalue weighted by Gasteiger charge is -2.13. The molecule has 2 heterocycles. The molecule has 1 N–H and O–H groups in total. The van der Waals surface area contributed by atoms with Crippen LogP contribution in [0.1, 0.15) is 13.3 Å². The first-order chi connectivity index (χ1) is 10.3. The summed E-state index contributed by atoms with van der Waals surface area (Å²) in [5.41, 5.74) is 1.77. The molecule has 0 saturated heterocycles. The smallest absolute Gasteiger partial charge is 0.168 e. The SMILES string of the molecule is CC(CCCl)Nc1ncnc2c1cnn2-c1ccccc1. The average molecular weight is 302 g/mol. The van der Waals surface area contributed by atoms with Gasteiger partial charge in [0.1, 0.15) is 12.1 Å². The number of para-hydroxylation sites is 1. The van der Waals surface area contributed by atoms with Crippen LogP contribution < -0.4 is 5.32 Å². The Morgan fingerprint density at radius 2 is 2.05 bits per heavy atom. The minimum absolute atomic E-state index is 0.251. The van der Waals surface area contributed by atoms with Crippen molar-refractivity contribution in [3.05, 3.63) is 42.9 Å². The Labute approximate surface area is 128 Å². The summed E-state index contributed by atoms with van der Waals surface area (Å²) < 4.78 is 1.81. The molecule has 1 atom stereocenters. The highest BCUT2D eigenvalue weighted by Crippen LogP contribution is 2.22. The summed E-state index contributed by atoms with van der Waals surface area (Å²) in [6.07, 6.45) is 4.22. The highest BCUT2D eigenvalue weighted by atomic mass is 35.5. The van der Waals surface area contributed by atoms with E-state index in [1.165, 1.54) is 0 Å². The fourth-order valence-corrected chi connectivity index (χ4v) is 2.51. The van der Waals surface area contributed by atoms with Crippen molar-refractivity contribution >= 4 is 28.5 Å². The lowest BCUT2D eigenvalue weighted by molar-refractivity contribution is 0.765. The third-order valence-corrected chi connectivity index (χ3v) is 3.51. The quantitative estimate of drug-likeness (QED) is 0.735. The molecular formula is C15H16ClN5. The van der Waals surface area contributed by atoms with Gasteiger partial charge < -0.3 is 5.32 Å². The molecule has 21 heavy (non-hydrogen) atoms. The van der Waals surface area contributed by atoms with E-state index in [-0.39, 0.29) is 6.04 Å². The Hall–Kier alpha value is -2.14. The maximum Gasteiger partial charge on any atom is 0.168 e. The molecule has 0 saturated carbocycles. The molecule has 108 valence electrons. The number of aromatic nitrogens is 4. The van der Waals surface area contributed by atoms with Crippen molar-refractivity contribution in [3.63, 3.8) is 0 Å². The van der Waals surface area contributed by atoms with E-state index in [0.717, 1.165) is 29.0 Å². The van der Waals surface area contributed by atoms with Gasteiger partial charge >= 0.3 is 0 Å². The Bertz CT molecular complexity index is 725. The predicted octanol–water partition coefficient (Wildman–Crippen LogP) is 3.24. The van der Waals surface area contributed by atoms with Gasteiger partial charge in [0.25, 0.3) is 0 Å². The van der Waals surface area contributed by atoms with E-state index >= 15 is 0 Å². The van der Waals surface area contributed by atoms with Crippen LogP contribution >= 0.6 is 11.6 Å². The van der Waals surface area contributed by atoms with Crippen LogP contribution in [0.25, 0.3) is 16.7 Å². The molecule has 0 bridgehead atoms. The number of anilines is 1. The minimum Gasteiger partial charge on any atom is -0.367 e. The molecule has 0 fully saturated rings. The summed E-state index contributed by atoms with van der Waals surface area (Å²) in [7, 11) is 0. The van der Waals surface area contributed by atoms with Crippen LogP contribution in [0.4, 0.5) is 5.82 Å². The first-order valence-corrected chi connectivity index (χ1v) is 7.39. The standard InChI is InChI=1S/C15H16ClN5/c1-11(7-8-16)20-14-13-9-19-21(15(13)18-10-17-14)12-5-3-2-4-6-12/h2-6,9-11H,7-8H2,1H3,(H,17,18,20). The third kappa shape index (κ3) is 2.83. The zero-order valence-corrected chi connectivity index (χ0v) is 12.5. The largest absolute Gasteiger partial charge is 0.367 e. The number of fused-ring (bicyclic) bond motifs is 1. The number of nitrogens with one attached hydrogen (secondary N) is 1. The molecule has 3 rings (SSSR count). The van der Waals surface area contributed by atoms with Crippen molar-refractivity contribution in [2.24, 2.45) is 0 Å². The number of halogens is 1. The van der Waals surface area contributed by atoms with Crippen LogP contribution in [0.5, 0.6) is 0 Å². The minimum atomic E-state index is 0.251. The van der Waals surface area contributed by atoms with E-state index in [4.69, 9.17) is 11.6 Å². The molecule has 1 aromatic carbocycles. The van der Waals surface area contributed by atoms with E-state index in [1.807, 2.05) is 35.0 Å². The summed E-state index contributed by atoms with van der Waals surface area (Å²) in [6.45, 7) is 2.08. The predicted molar refractivity (Wildman–Crippen MR) is 85.1 cm³/mol. The zero-order valence-electron chi connectivity index (χ0n) is 11.7. The van der Waals surface area contributed by atoms with Gasteiger partial charge in [-0.15, -0.1) is 11.6 Å². The van der Waals surface area contributed by atoms with Gasteiger partial charge in [-0.25, -0.2) is 14.6 Å². The Morgan fingerprint density at radius 3 is 2.81 bits per heavy atom. The van der Waals surface area contributed by atoms with E-state index in [9.17, 15) is 0 Å². The number of alkyl halides is 1. The maximum atomic E-state index is 5.78. The van der Waals surface area contributed by atoms with Gasteiger partial charge in [-0.05, 0) is 25.5 Å². The van der Waals surface area contributed by atoms with Gasteiger partial charge in [0.15, 0.2) is 5.65 Å². The first-order valence-electron chi connectivity index (χ1n) is 6.86. The molecule has 0 aliphatic heterocycles. The van der Waals surface area contributed by atoms with Crippen molar-refractivity contribution in [3.8, 4) is 5.69 Å². The zero-order chi connectivity index (χ0) is 14.7. The van der Waals surface area contributed by atoms with Crippen LogP contribution in [0.15, 0.2) is 42.9 Å². The number of hydrogen-bond donors (Lipinski definition) is 1. The molecule has 0 amide bonds. The molecule has 0 spiro atoms. The van der Waals surface area contributed by atoms with Crippen molar-refractivity contribution in [2.75, 3.05) is 11.2 Å². The van der Waals surface area contributed by atoms with Crippen molar-refractivity contribution in [1.29, 1.82) is 0 Å². The molecule has 3 aromatic rings. The molecule has 0 radical (unpaired) electrons. The van der Waals surface area contributed by atoms with E-state index in [0.29, 0.717) is 5.88 Å². The van der Waals surface area contributed by atoms with Gasteiger partial charge in [0.2, 0.25) is 0 Å². The monoisotopic (exact) mass is 301 g/mol. The Kier molecular flexibility index (Phi) is 4.01. The summed E-state index contributed by atoms with van der Waals surface area (Å²) in [5.74, 6) is 1.41. The van der Waals surface area contributed by atoms with Crippen LogP contribution in [0.2, 0.25) is 0 Å². The van der Waals surface area contributed by atoms with Crippen LogP contribution in [0, 0.1) is 0 Å². The number of hydrogen-bond acceptors (Lipinski definition) is 4. The summed E-state index contributed by atoms with van der Waals surface area (Å²) in [6, 6.07) is 10.2. The second-order valence-corrected chi connectivity index (χ2v) is 5.25. The molecular weight excluding hydrogens is 286 g/mol. The highest BCUT2D eigenvalue weighted by molar-refractivity contribution is 6.17. The molecule has 0 aliphatic carbocycles. The van der Waals surface area contributed by atoms with Gasteiger partial charge in [0, 0.05) is 11.9 Å². The number of benzene rings is 1. The fraction of sp³-hybridized carbons (Fsp3) is 0.267. The number of nitrogens with zero attached hydrogens (tertiary/aromatic N) is 4. The van der Waals surface area contributed by atoms with Crippen LogP contribution in [-0.4, -0.2) is 31.7 Å². The topological polar surface area (TPSA) is 55.6 Å². The highest BCUT2D eigenvalue weighted by Gasteiger charge is 2.12. The first kappa shape index (κ1) is 13.8. The summed E-state index contributed by atoms with van der Waals surface area (Å²) in [5, 5.41) is 8.69. The summed E-state index contributed by atoms with van der Waals surface area (Å²) >= 11 is 5.78. The second-order valence-electron chi connectivity index (χ2n) is 4.87. The van der Waals surface area contributed by atoms with E-state index in [1.54, 1.807) is 12.5 Å². The van der Waals surface area contributed by atoms with Crippen molar-refractivity contribution in [2.45, 2.75) is 19.4 Å². The van der Waals surface area contributed by atoms with Crippen molar-refractivity contribution < 1.29 is 0 Å². The van der Waals surface area contributed by atoms with Crippen molar-refractivity contribution in [1.82, 2.24) is 19.7 Å². The Morgan fingerprint density at radius 1 is 1.24 bits per heavy atom. The molecule has 0 aliphatic rings.